The van der Waals surface area contributed by atoms with Crippen molar-refractivity contribution in [3.8, 4) is 0 Å². The molecular weight excluding hydrogens is 588 g/mol. The maximum Gasteiger partial charge on any atom is 0.220 e. The van der Waals surface area contributed by atoms with Gasteiger partial charge in [0.1, 0.15) is 5.76 Å². The summed E-state index contributed by atoms with van der Waals surface area (Å²) in [5.41, 5.74) is 35.6. The monoisotopic (exact) mass is 646 g/mol. The van der Waals surface area contributed by atoms with Crippen molar-refractivity contribution in [3.63, 3.8) is 0 Å². The van der Waals surface area contributed by atoms with E-state index in [1.165, 1.54) is 0 Å². The molecule has 16 nitrogen and oxygen atoms in total. The summed E-state index contributed by atoms with van der Waals surface area (Å²) in [6.07, 6.45) is 0.960. The molecule has 45 heavy (non-hydrogen) atoms. The van der Waals surface area contributed by atoms with Crippen LogP contribution in [0.15, 0.2) is 11.8 Å². The van der Waals surface area contributed by atoms with Gasteiger partial charge >= 0.3 is 0 Å². The molecule has 262 valence electrons. The second kappa shape index (κ2) is 20.0. The number of allylic oxidation sites excluding steroid dienone is 1. The molecule has 0 aromatic rings. The third-order valence-corrected chi connectivity index (χ3v) is 8.39. The number of aliphatic hydroxyl groups excluding tert-OH is 2. The number of unbranched alkanes of at least 4 members (excludes halogenated alkanes) is 1. The zero-order valence-electron chi connectivity index (χ0n) is 26.3. The minimum absolute atomic E-state index is 0.0844. The summed E-state index contributed by atoms with van der Waals surface area (Å²) in [5, 5.41) is 26.5. The van der Waals surface area contributed by atoms with Gasteiger partial charge in [-0.3, -0.25) is 4.79 Å². The molecule has 3 fully saturated rings. The minimum Gasteiger partial charge on any atom is -0.511 e. The zero-order valence-corrected chi connectivity index (χ0v) is 26.3. The van der Waals surface area contributed by atoms with Crippen LogP contribution in [0.2, 0.25) is 0 Å². The van der Waals surface area contributed by atoms with Crippen molar-refractivity contribution in [1.82, 2.24) is 10.6 Å². The van der Waals surface area contributed by atoms with Crippen LogP contribution in [-0.2, 0) is 28.5 Å². The summed E-state index contributed by atoms with van der Waals surface area (Å²) in [4.78, 5) is 12.5. The van der Waals surface area contributed by atoms with Gasteiger partial charge in [-0.25, -0.2) is 0 Å². The van der Waals surface area contributed by atoms with Crippen LogP contribution in [0.25, 0.3) is 0 Å². The molecule has 6 unspecified atom stereocenters. The number of hydrogen-bond acceptors (Lipinski definition) is 15. The van der Waals surface area contributed by atoms with E-state index in [1.807, 2.05) is 0 Å². The van der Waals surface area contributed by atoms with Crippen LogP contribution in [0.4, 0.5) is 0 Å². The fourth-order valence-electron chi connectivity index (χ4n) is 5.96. The predicted octanol–water partition coefficient (Wildman–Crippen LogP) is -2.91. The lowest BCUT2D eigenvalue weighted by molar-refractivity contribution is -0.245. The average molecular weight is 647 g/mol. The normalized spacial score (nSPS) is 35.9. The summed E-state index contributed by atoms with van der Waals surface area (Å²) < 4.78 is 30.9. The molecule has 16 heteroatoms. The van der Waals surface area contributed by atoms with E-state index in [0.717, 1.165) is 0 Å². The van der Waals surface area contributed by atoms with Crippen molar-refractivity contribution < 1.29 is 38.7 Å². The second-order valence-corrected chi connectivity index (χ2v) is 12.1. The number of rotatable bonds is 19. The van der Waals surface area contributed by atoms with Gasteiger partial charge in [0.2, 0.25) is 5.91 Å². The molecule has 3 rings (SSSR count). The standard InChI is InChI=1S/C29H58N8O8/c30-6-3-5-25(40)37-17-10-20(34)28(41-9-2-1-4-18(38)16-36-8-7-31)23(11-17)43-26-13-22(24(15-33)44-26)45-29-27(35)21(39)12-19(14-32)42-29/h4,17,19-24,26-29,36,38-39H,1-3,5-16,30-35H2,(H,37,40)/b18-4-/t17?,19-,20?,21?,22+,23?,24?,26?,27-,28-,29-/m1/s1. The summed E-state index contributed by atoms with van der Waals surface area (Å²) in [6.45, 7) is 2.72. The first-order valence-electron chi connectivity index (χ1n) is 16.3. The van der Waals surface area contributed by atoms with Crippen molar-refractivity contribution in [2.45, 2.75) is 119 Å². The van der Waals surface area contributed by atoms with E-state index < -0.39 is 55.2 Å². The Kier molecular flexibility index (Phi) is 16.9. The third-order valence-electron chi connectivity index (χ3n) is 8.39. The van der Waals surface area contributed by atoms with Gasteiger partial charge in [0.15, 0.2) is 12.6 Å². The maximum atomic E-state index is 12.5. The number of nitrogens with one attached hydrogen (secondary N) is 2. The van der Waals surface area contributed by atoms with Gasteiger partial charge in [-0.05, 0) is 44.7 Å². The molecule has 1 saturated carbocycles. The molecule has 0 radical (unpaired) electrons. The highest BCUT2D eigenvalue weighted by molar-refractivity contribution is 5.76. The van der Waals surface area contributed by atoms with Crippen molar-refractivity contribution in [2.24, 2.45) is 34.4 Å². The number of carbonyl (C=O) groups is 1. The van der Waals surface area contributed by atoms with Crippen molar-refractivity contribution in [2.75, 3.05) is 45.9 Å². The zero-order chi connectivity index (χ0) is 32.8. The smallest absolute Gasteiger partial charge is 0.220 e. The summed E-state index contributed by atoms with van der Waals surface area (Å²) >= 11 is 0. The Labute approximate surface area is 266 Å². The quantitative estimate of drug-likeness (QED) is 0.0497. The van der Waals surface area contributed by atoms with Gasteiger partial charge in [-0.2, -0.15) is 0 Å². The third kappa shape index (κ3) is 12.2. The van der Waals surface area contributed by atoms with Crippen LogP contribution in [0.3, 0.4) is 0 Å². The van der Waals surface area contributed by atoms with Gasteiger partial charge in [-0.15, -0.1) is 0 Å². The summed E-state index contributed by atoms with van der Waals surface area (Å²) in [6, 6.07) is -1.36. The molecule has 0 spiro atoms. The Balaban J connectivity index is 1.61. The Hall–Kier alpha value is -1.51. The largest absolute Gasteiger partial charge is 0.511 e. The lowest BCUT2D eigenvalue weighted by atomic mass is 9.86. The van der Waals surface area contributed by atoms with Crippen LogP contribution >= 0.6 is 0 Å². The van der Waals surface area contributed by atoms with E-state index in [0.29, 0.717) is 84.2 Å². The van der Waals surface area contributed by atoms with Gasteiger partial charge in [-0.1, -0.05) is 0 Å². The van der Waals surface area contributed by atoms with Gasteiger partial charge in [0.05, 0.1) is 49.2 Å². The fraction of sp³-hybridized carbons (Fsp3) is 0.897. The fourth-order valence-corrected chi connectivity index (χ4v) is 5.96. The first-order valence-corrected chi connectivity index (χ1v) is 16.3. The van der Waals surface area contributed by atoms with E-state index in [9.17, 15) is 15.0 Å². The first-order chi connectivity index (χ1) is 21.7. The van der Waals surface area contributed by atoms with Crippen LogP contribution in [-0.4, -0.2) is 129 Å². The van der Waals surface area contributed by atoms with E-state index in [-0.39, 0.29) is 36.9 Å². The number of ether oxygens (including phenoxy) is 5. The van der Waals surface area contributed by atoms with Gasteiger partial charge in [0, 0.05) is 64.1 Å². The van der Waals surface area contributed by atoms with Crippen LogP contribution in [0, 0.1) is 0 Å². The topological polar surface area (TPSA) is 284 Å². The number of nitrogens with two attached hydrogens (primary N) is 6. The Morgan fingerprint density at radius 3 is 2.47 bits per heavy atom. The van der Waals surface area contributed by atoms with E-state index in [2.05, 4.69) is 10.6 Å². The average Bonchev–Trinajstić information content (AvgIpc) is 3.40. The number of hydrogen-bond donors (Lipinski definition) is 10. The van der Waals surface area contributed by atoms with Crippen LogP contribution < -0.4 is 45.0 Å². The molecule has 2 aliphatic heterocycles. The van der Waals surface area contributed by atoms with E-state index in [4.69, 9.17) is 58.1 Å². The van der Waals surface area contributed by atoms with Gasteiger partial charge < -0.3 is 78.9 Å². The van der Waals surface area contributed by atoms with E-state index >= 15 is 0 Å². The Morgan fingerprint density at radius 1 is 0.956 bits per heavy atom. The SMILES string of the molecule is NCCCC(=O)NC1CC(N)[C@@H](OCCC/C=C(\O)CNCCN)C(OC2C[C@H](O[C@H]3O[C@@H](CN)CC(O)[C@H]3N)C(CN)O2)C1. The van der Waals surface area contributed by atoms with Crippen molar-refractivity contribution >= 4 is 5.91 Å². The molecule has 1 aliphatic carbocycles. The molecule has 11 atom stereocenters. The minimum atomic E-state index is -0.874. The Morgan fingerprint density at radius 2 is 1.76 bits per heavy atom. The van der Waals surface area contributed by atoms with Crippen LogP contribution in [0.1, 0.15) is 51.4 Å². The second-order valence-electron chi connectivity index (χ2n) is 12.1. The summed E-state index contributed by atoms with van der Waals surface area (Å²) in [7, 11) is 0. The lowest BCUT2D eigenvalue weighted by Gasteiger charge is -2.41. The predicted molar refractivity (Wildman–Crippen MR) is 167 cm³/mol. The van der Waals surface area contributed by atoms with E-state index in [1.54, 1.807) is 6.08 Å². The van der Waals surface area contributed by atoms with Crippen molar-refractivity contribution in [1.29, 1.82) is 0 Å². The highest BCUT2D eigenvalue weighted by Gasteiger charge is 2.45. The first kappa shape index (κ1) is 37.9. The summed E-state index contributed by atoms with van der Waals surface area (Å²) in [5.74, 6) is 0.170. The van der Waals surface area contributed by atoms with Crippen LogP contribution in [0.5, 0.6) is 0 Å². The molecule has 3 aliphatic rings. The molecule has 0 aromatic heterocycles. The molecular formula is C29H58N8O8. The lowest BCUT2D eigenvalue weighted by Crippen LogP contribution is -2.57. The number of aliphatic hydroxyl groups is 2. The highest BCUT2D eigenvalue weighted by Crippen LogP contribution is 2.32. The molecule has 1 amide bonds. The molecule has 2 saturated heterocycles. The number of carbonyl (C=O) groups excluding carboxylic acids is 1. The molecule has 0 aromatic carbocycles. The molecule has 16 N–H and O–H groups in total. The number of amides is 1. The molecule has 0 bridgehead atoms. The maximum absolute atomic E-state index is 12.5. The molecule has 2 heterocycles. The van der Waals surface area contributed by atoms with Crippen molar-refractivity contribution in [3.05, 3.63) is 11.8 Å². The van der Waals surface area contributed by atoms with Gasteiger partial charge in [0.25, 0.3) is 0 Å². The Bertz CT molecular complexity index is 891. The highest BCUT2D eigenvalue weighted by atomic mass is 16.7.